The van der Waals surface area contributed by atoms with Crippen LogP contribution in [0.2, 0.25) is 0 Å². The van der Waals surface area contributed by atoms with Crippen molar-refractivity contribution in [3.05, 3.63) is 0 Å². The molecule has 0 saturated carbocycles. The van der Waals surface area contributed by atoms with Gasteiger partial charge in [0.1, 0.15) is 5.25 Å². The first kappa shape index (κ1) is 15.7. The van der Waals surface area contributed by atoms with Crippen molar-refractivity contribution in [3.63, 3.8) is 0 Å². The predicted octanol–water partition coefficient (Wildman–Crippen LogP) is -0.796. The number of aliphatic hydroxyl groups excluding tert-OH is 2. The molecule has 84 valence electrons. The minimum atomic E-state index is -1.21. The number of thiol groups is 1. The van der Waals surface area contributed by atoms with E-state index in [1.807, 2.05) is 0 Å². The summed E-state index contributed by atoms with van der Waals surface area (Å²) in [4.78, 5) is 19.7. The average molecular weight is 226 g/mol. The molecule has 0 bridgehead atoms. The highest BCUT2D eigenvalue weighted by Gasteiger charge is 2.14. The van der Waals surface area contributed by atoms with E-state index >= 15 is 0 Å². The van der Waals surface area contributed by atoms with E-state index < -0.39 is 29.7 Å². The van der Waals surface area contributed by atoms with Gasteiger partial charge in [-0.15, -0.1) is 0 Å². The van der Waals surface area contributed by atoms with Gasteiger partial charge in [0, 0.05) is 0 Å². The molecule has 0 spiro atoms. The standard InChI is InChI=1S/C4H6O4S.C3H8O2/c5-3(6)1-2(9)4(7)8;1-3(5)2-4/h2,9H,1H2,(H,5,6)(H,7,8);3-5H,2H2,1H3. The summed E-state index contributed by atoms with van der Waals surface area (Å²) in [5.41, 5.74) is 0. The van der Waals surface area contributed by atoms with Crippen LogP contribution in [-0.4, -0.2) is 50.3 Å². The first-order valence-corrected chi connectivity index (χ1v) is 4.24. The van der Waals surface area contributed by atoms with E-state index in [2.05, 4.69) is 12.6 Å². The second kappa shape index (κ2) is 8.79. The first-order chi connectivity index (χ1) is 6.31. The van der Waals surface area contributed by atoms with Crippen LogP contribution in [0.15, 0.2) is 0 Å². The molecule has 0 saturated heterocycles. The lowest BCUT2D eigenvalue weighted by Gasteiger charge is -1.97. The zero-order valence-corrected chi connectivity index (χ0v) is 8.52. The van der Waals surface area contributed by atoms with Crippen LogP contribution in [0.1, 0.15) is 13.3 Å². The van der Waals surface area contributed by atoms with Crippen molar-refractivity contribution in [1.29, 1.82) is 0 Å². The van der Waals surface area contributed by atoms with Gasteiger partial charge in [0.2, 0.25) is 0 Å². The highest BCUT2D eigenvalue weighted by molar-refractivity contribution is 7.81. The molecule has 4 N–H and O–H groups in total. The van der Waals surface area contributed by atoms with Crippen molar-refractivity contribution < 1.29 is 30.0 Å². The molecule has 0 fully saturated rings. The maximum Gasteiger partial charge on any atom is 0.316 e. The van der Waals surface area contributed by atoms with Gasteiger partial charge < -0.3 is 20.4 Å². The monoisotopic (exact) mass is 226 g/mol. The zero-order valence-electron chi connectivity index (χ0n) is 7.62. The van der Waals surface area contributed by atoms with Crippen molar-refractivity contribution in [2.24, 2.45) is 0 Å². The van der Waals surface area contributed by atoms with Crippen LogP contribution in [0, 0.1) is 0 Å². The van der Waals surface area contributed by atoms with Gasteiger partial charge in [-0.05, 0) is 6.92 Å². The number of aliphatic hydroxyl groups is 2. The highest BCUT2D eigenvalue weighted by atomic mass is 32.1. The molecule has 2 unspecified atom stereocenters. The SMILES string of the molecule is CC(O)CO.O=C(O)CC(S)C(=O)O. The number of aliphatic carboxylic acids is 2. The molecule has 0 aromatic carbocycles. The van der Waals surface area contributed by atoms with E-state index in [1.165, 1.54) is 6.92 Å². The summed E-state index contributed by atoms with van der Waals surface area (Å²) in [6.45, 7) is 1.39. The molecule has 0 heterocycles. The molecule has 0 amide bonds. The molecular formula is C7H14O6S. The minimum absolute atomic E-state index is 0.139. The summed E-state index contributed by atoms with van der Waals surface area (Å²) >= 11 is 3.48. The number of carboxylic acid groups (broad SMARTS) is 2. The Bertz CT molecular complexity index is 181. The number of carboxylic acids is 2. The highest BCUT2D eigenvalue weighted by Crippen LogP contribution is 1.99. The second-order valence-electron chi connectivity index (χ2n) is 2.48. The van der Waals surface area contributed by atoms with E-state index in [4.69, 9.17) is 20.4 Å². The molecule has 0 aromatic rings. The van der Waals surface area contributed by atoms with Gasteiger partial charge in [-0.3, -0.25) is 9.59 Å². The third kappa shape index (κ3) is 13.8. The van der Waals surface area contributed by atoms with Crippen LogP contribution in [0.25, 0.3) is 0 Å². The molecule has 0 aliphatic heterocycles. The maximum atomic E-state index is 9.90. The lowest BCUT2D eigenvalue weighted by atomic mass is 10.3. The Labute approximate surface area is 86.6 Å². The van der Waals surface area contributed by atoms with E-state index in [0.717, 1.165) is 0 Å². The van der Waals surface area contributed by atoms with Crippen LogP contribution < -0.4 is 0 Å². The number of rotatable bonds is 4. The van der Waals surface area contributed by atoms with Crippen LogP contribution in [-0.2, 0) is 9.59 Å². The van der Waals surface area contributed by atoms with Crippen LogP contribution in [0.5, 0.6) is 0 Å². The van der Waals surface area contributed by atoms with Gasteiger partial charge in [0.05, 0.1) is 19.1 Å². The Balaban J connectivity index is 0. The Morgan fingerprint density at radius 2 is 1.71 bits per heavy atom. The molecule has 0 radical (unpaired) electrons. The van der Waals surface area contributed by atoms with Crippen LogP contribution in [0.3, 0.4) is 0 Å². The molecule has 2 atom stereocenters. The first-order valence-electron chi connectivity index (χ1n) is 3.72. The molecule has 0 aliphatic rings. The Morgan fingerprint density at radius 1 is 1.36 bits per heavy atom. The van der Waals surface area contributed by atoms with Gasteiger partial charge in [-0.25, -0.2) is 0 Å². The van der Waals surface area contributed by atoms with Crippen molar-refractivity contribution in [2.75, 3.05) is 6.61 Å². The zero-order chi connectivity index (χ0) is 11.7. The van der Waals surface area contributed by atoms with Crippen molar-refractivity contribution in [2.45, 2.75) is 24.7 Å². The van der Waals surface area contributed by atoms with E-state index in [0.29, 0.717) is 0 Å². The van der Waals surface area contributed by atoms with Gasteiger partial charge in [0.25, 0.3) is 0 Å². The lowest BCUT2D eigenvalue weighted by molar-refractivity contribution is -0.142. The Morgan fingerprint density at radius 3 is 1.79 bits per heavy atom. The summed E-state index contributed by atoms with van der Waals surface area (Å²) in [5, 5.41) is 31.0. The fraction of sp³-hybridized carbons (Fsp3) is 0.714. The second-order valence-corrected chi connectivity index (χ2v) is 3.11. The van der Waals surface area contributed by atoms with E-state index in [9.17, 15) is 9.59 Å². The van der Waals surface area contributed by atoms with Crippen molar-refractivity contribution in [1.82, 2.24) is 0 Å². The van der Waals surface area contributed by atoms with Gasteiger partial charge in [-0.2, -0.15) is 12.6 Å². The topological polar surface area (TPSA) is 115 Å². The molecule has 14 heavy (non-hydrogen) atoms. The lowest BCUT2D eigenvalue weighted by Crippen LogP contribution is -2.17. The molecule has 0 aromatic heterocycles. The quantitative estimate of drug-likeness (QED) is 0.401. The molecule has 0 rings (SSSR count). The summed E-state index contributed by atoms with van der Waals surface area (Å²) in [7, 11) is 0. The van der Waals surface area contributed by atoms with E-state index in [-0.39, 0.29) is 6.61 Å². The van der Waals surface area contributed by atoms with Gasteiger partial charge >= 0.3 is 11.9 Å². The third-order valence-electron chi connectivity index (χ3n) is 0.917. The number of hydrogen-bond donors (Lipinski definition) is 5. The average Bonchev–Trinajstić information content (AvgIpc) is 2.04. The molecular weight excluding hydrogens is 212 g/mol. The van der Waals surface area contributed by atoms with Crippen LogP contribution in [0.4, 0.5) is 0 Å². The maximum absolute atomic E-state index is 9.90. The fourth-order valence-electron chi connectivity index (χ4n) is 0.253. The van der Waals surface area contributed by atoms with Crippen molar-refractivity contribution >= 4 is 24.6 Å². The summed E-state index contributed by atoms with van der Waals surface area (Å²) in [5.74, 6) is -2.36. The summed E-state index contributed by atoms with van der Waals surface area (Å²) < 4.78 is 0. The molecule has 7 heteroatoms. The number of hydrogen-bond acceptors (Lipinski definition) is 5. The normalized spacial score (nSPS) is 13.4. The summed E-state index contributed by atoms with van der Waals surface area (Å²) in [6, 6.07) is 0. The minimum Gasteiger partial charge on any atom is -0.481 e. The predicted molar refractivity (Wildman–Crippen MR) is 51.4 cm³/mol. The van der Waals surface area contributed by atoms with E-state index in [1.54, 1.807) is 0 Å². The van der Waals surface area contributed by atoms with Crippen molar-refractivity contribution in [3.8, 4) is 0 Å². The summed E-state index contributed by atoms with van der Waals surface area (Å²) in [6.07, 6.45) is -1.01. The molecule has 6 nitrogen and oxygen atoms in total. The fourth-order valence-corrected chi connectivity index (χ4v) is 0.409. The Kier molecular flexibility index (Phi) is 9.84. The van der Waals surface area contributed by atoms with Gasteiger partial charge in [-0.1, -0.05) is 0 Å². The smallest absolute Gasteiger partial charge is 0.316 e. The van der Waals surface area contributed by atoms with Gasteiger partial charge in [0.15, 0.2) is 0 Å². The molecule has 0 aliphatic carbocycles. The Hall–Kier alpha value is -0.790. The van der Waals surface area contributed by atoms with Crippen LogP contribution >= 0.6 is 12.6 Å². The largest absolute Gasteiger partial charge is 0.481 e. The third-order valence-corrected chi connectivity index (χ3v) is 1.32. The number of carbonyl (C=O) groups is 2.